The lowest BCUT2D eigenvalue weighted by Gasteiger charge is -2.29. The van der Waals surface area contributed by atoms with E-state index < -0.39 is 15.0 Å². The normalized spacial score (nSPS) is 12.3. The average Bonchev–Trinajstić information content (AvgIpc) is 2.71. The van der Waals surface area contributed by atoms with Crippen LogP contribution in [0.3, 0.4) is 0 Å². The van der Waals surface area contributed by atoms with Gasteiger partial charge in [-0.15, -0.1) is 0 Å². The molecule has 2 aromatic carbocycles. The van der Waals surface area contributed by atoms with E-state index in [1.54, 1.807) is 17.0 Å². The van der Waals surface area contributed by atoms with Gasteiger partial charge in [0.05, 0.1) is 21.3 Å². The molecule has 8 nitrogen and oxygen atoms in total. The Labute approximate surface area is 180 Å². The quantitative estimate of drug-likeness (QED) is 0.315. The Hall–Kier alpha value is -2.65. The number of rotatable bonds is 9. The summed E-state index contributed by atoms with van der Waals surface area (Å²) in [6, 6.07) is 10.0. The second-order valence-corrected chi connectivity index (χ2v) is 8.95. The molecule has 0 aliphatic carbocycles. The maximum absolute atomic E-state index is 13.1. The molecule has 162 valence electrons. The van der Waals surface area contributed by atoms with Crippen molar-refractivity contribution in [1.82, 2.24) is 4.90 Å². The van der Waals surface area contributed by atoms with Gasteiger partial charge in [0, 0.05) is 24.7 Å². The molecular formula is C20H23ClN2O6S. The van der Waals surface area contributed by atoms with Crippen molar-refractivity contribution in [1.29, 1.82) is 0 Å². The first-order valence-electron chi connectivity index (χ1n) is 9.34. The largest absolute Gasteiger partial charge is 0.382 e. The fourth-order valence-electron chi connectivity index (χ4n) is 2.65. The molecule has 2 rings (SSSR count). The van der Waals surface area contributed by atoms with Crippen molar-refractivity contribution < 1.29 is 22.3 Å². The molecule has 0 saturated carbocycles. The van der Waals surface area contributed by atoms with Gasteiger partial charge in [-0.2, -0.15) is 8.42 Å². The minimum atomic E-state index is -3.62. The number of carbonyl (C=O) groups is 1. The second kappa shape index (κ2) is 9.90. The van der Waals surface area contributed by atoms with E-state index in [1.807, 2.05) is 13.8 Å². The lowest BCUT2D eigenvalue weighted by atomic mass is 10.1. The summed E-state index contributed by atoms with van der Waals surface area (Å²) in [6.45, 7) is 5.57. The Kier molecular flexibility index (Phi) is 7.80. The smallest absolute Gasteiger partial charge is 0.308 e. The summed E-state index contributed by atoms with van der Waals surface area (Å²) in [5.74, 6) is -0.292. The number of nitro groups is 1. The Morgan fingerprint density at radius 2 is 1.83 bits per heavy atom. The zero-order valence-electron chi connectivity index (χ0n) is 16.9. The Morgan fingerprint density at radius 3 is 2.33 bits per heavy atom. The Morgan fingerprint density at radius 1 is 1.20 bits per heavy atom. The van der Waals surface area contributed by atoms with Crippen LogP contribution in [0.15, 0.2) is 42.5 Å². The number of nitrogens with zero attached hydrogens (tertiary/aromatic N) is 2. The van der Waals surface area contributed by atoms with E-state index in [9.17, 15) is 23.3 Å². The van der Waals surface area contributed by atoms with E-state index in [-0.39, 0.29) is 46.3 Å². The third kappa shape index (κ3) is 5.93. The van der Waals surface area contributed by atoms with Gasteiger partial charge in [-0.25, -0.2) is 0 Å². The van der Waals surface area contributed by atoms with Gasteiger partial charge in [-0.1, -0.05) is 30.7 Å². The number of hydrogen-bond donors (Lipinski definition) is 0. The molecule has 2 aromatic rings. The van der Waals surface area contributed by atoms with Crippen LogP contribution >= 0.6 is 11.6 Å². The molecule has 0 aromatic heterocycles. The van der Waals surface area contributed by atoms with Crippen molar-refractivity contribution >= 4 is 33.3 Å². The van der Waals surface area contributed by atoms with Crippen LogP contribution < -0.4 is 4.18 Å². The van der Waals surface area contributed by atoms with Gasteiger partial charge in [-0.3, -0.25) is 14.9 Å². The van der Waals surface area contributed by atoms with Gasteiger partial charge in [0.1, 0.15) is 5.75 Å². The molecule has 0 aliphatic rings. The van der Waals surface area contributed by atoms with E-state index in [0.717, 1.165) is 11.6 Å². The third-order valence-corrected chi connectivity index (χ3v) is 6.10. The summed E-state index contributed by atoms with van der Waals surface area (Å²) in [5, 5.41) is 10.9. The Bertz CT molecular complexity index is 1020. The molecule has 10 heteroatoms. The van der Waals surface area contributed by atoms with E-state index in [0.29, 0.717) is 6.42 Å². The SMILES string of the molecule is CCC(C)N(Cc1ccc(OS(=O)(=O)CC)cc1)C(=O)c1ccc([N+](=O)[O-])cc1Cl. The number of hydrogen-bond acceptors (Lipinski definition) is 6. The summed E-state index contributed by atoms with van der Waals surface area (Å²) in [4.78, 5) is 25.1. The lowest BCUT2D eigenvalue weighted by Crippen LogP contribution is -2.38. The molecule has 0 N–H and O–H groups in total. The molecule has 1 unspecified atom stereocenters. The van der Waals surface area contributed by atoms with Crippen molar-refractivity contribution in [2.24, 2.45) is 0 Å². The van der Waals surface area contributed by atoms with Crippen molar-refractivity contribution in [2.75, 3.05) is 5.75 Å². The zero-order valence-corrected chi connectivity index (χ0v) is 18.4. The maximum Gasteiger partial charge on any atom is 0.308 e. The molecule has 0 aliphatic heterocycles. The standard InChI is InChI=1S/C20H23ClN2O6S/c1-4-14(3)22(20(24)18-11-8-16(23(25)26)12-19(18)21)13-15-6-9-17(10-7-15)29-30(27,28)5-2/h6-12,14H,4-5,13H2,1-3H3. The highest BCUT2D eigenvalue weighted by Crippen LogP contribution is 2.26. The van der Waals surface area contributed by atoms with E-state index >= 15 is 0 Å². The average molecular weight is 455 g/mol. The molecule has 1 amide bonds. The first-order chi connectivity index (χ1) is 14.1. The van der Waals surface area contributed by atoms with E-state index in [2.05, 4.69) is 0 Å². The van der Waals surface area contributed by atoms with Crippen molar-refractivity contribution in [3.8, 4) is 5.75 Å². The highest BCUT2D eigenvalue weighted by atomic mass is 35.5. The summed E-state index contributed by atoms with van der Waals surface area (Å²) < 4.78 is 28.1. The first kappa shape index (κ1) is 23.6. The van der Waals surface area contributed by atoms with Gasteiger partial charge in [0.2, 0.25) is 0 Å². The van der Waals surface area contributed by atoms with Gasteiger partial charge in [0.15, 0.2) is 0 Å². The summed E-state index contributed by atoms with van der Waals surface area (Å²) >= 11 is 6.13. The second-order valence-electron chi connectivity index (χ2n) is 6.69. The molecule has 0 fully saturated rings. The fourth-order valence-corrected chi connectivity index (χ4v) is 3.42. The summed E-state index contributed by atoms with van der Waals surface area (Å²) in [5.41, 5.74) is 0.753. The number of benzene rings is 2. The van der Waals surface area contributed by atoms with Gasteiger partial charge in [0.25, 0.3) is 11.6 Å². The highest BCUT2D eigenvalue weighted by molar-refractivity contribution is 7.87. The number of amides is 1. The molecule has 30 heavy (non-hydrogen) atoms. The predicted octanol–water partition coefficient (Wildman–Crippen LogP) is 4.42. The van der Waals surface area contributed by atoms with Crippen LogP contribution in [0, 0.1) is 10.1 Å². The molecular weight excluding hydrogens is 432 g/mol. The summed E-state index contributed by atoms with van der Waals surface area (Å²) in [6.07, 6.45) is 0.687. The number of nitro benzene ring substituents is 1. The third-order valence-electron chi connectivity index (χ3n) is 4.63. The molecule has 0 heterocycles. The van der Waals surface area contributed by atoms with Crippen LogP contribution in [0.4, 0.5) is 5.69 Å². The zero-order chi connectivity index (χ0) is 22.5. The van der Waals surface area contributed by atoms with Gasteiger partial charge >= 0.3 is 10.1 Å². The minimum absolute atomic E-state index is 0.0102. The van der Waals surface area contributed by atoms with Crippen LogP contribution in [0.5, 0.6) is 5.75 Å². The Balaban J connectivity index is 2.26. The number of non-ortho nitro benzene ring substituents is 1. The number of halogens is 1. The van der Waals surface area contributed by atoms with Crippen LogP contribution in [-0.2, 0) is 16.7 Å². The topological polar surface area (TPSA) is 107 Å². The predicted molar refractivity (Wildman–Crippen MR) is 114 cm³/mol. The minimum Gasteiger partial charge on any atom is -0.382 e. The van der Waals surface area contributed by atoms with Crippen molar-refractivity contribution in [2.45, 2.75) is 39.8 Å². The molecule has 1 atom stereocenters. The van der Waals surface area contributed by atoms with Gasteiger partial charge in [-0.05, 0) is 44.0 Å². The van der Waals surface area contributed by atoms with E-state index in [4.69, 9.17) is 15.8 Å². The molecule has 0 bridgehead atoms. The van der Waals surface area contributed by atoms with Crippen LogP contribution in [0.1, 0.15) is 43.1 Å². The van der Waals surface area contributed by atoms with Crippen LogP contribution in [0.25, 0.3) is 0 Å². The summed E-state index contributed by atoms with van der Waals surface area (Å²) in [7, 11) is -3.62. The molecule has 0 saturated heterocycles. The number of carbonyl (C=O) groups excluding carboxylic acids is 1. The van der Waals surface area contributed by atoms with Crippen molar-refractivity contribution in [3.63, 3.8) is 0 Å². The van der Waals surface area contributed by atoms with Gasteiger partial charge < -0.3 is 9.08 Å². The monoisotopic (exact) mass is 454 g/mol. The van der Waals surface area contributed by atoms with Crippen molar-refractivity contribution in [3.05, 3.63) is 68.7 Å². The van der Waals surface area contributed by atoms with Crippen LogP contribution in [-0.4, -0.2) is 35.9 Å². The van der Waals surface area contributed by atoms with E-state index in [1.165, 1.54) is 31.2 Å². The first-order valence-corrected chi connectivity index (χ1v) is 11.3. The molecule has 0 radical (unpaired) electrons. The molecule has 0 spiro atoms. The fraction of sp³-hybridized carbons (Fsp3) is 0.350. The lowest BCUT2D eigenvalue weighted by molar-refractivity contribution is -0.384. The van der Waals surface area contributed by atoms with Crippen LogP contribution in [0.2, 0.25) is 5.02 Å². The highest BCUT2D eigenvalue weighted by Gasteiger charge is 2.24. The maximum atomic E-state index is 13.1.